The Balaban J connectivity index is 0.00000256. The summed E-state index contributed by atoms with van der Waals surface area (Å²) in [4.78, 5) is 10.0. The summed E-state index contributed by atoms with van der Waals surface area (Å²) in [5.74, 6) is -1.44. The summed E-state index contributed by atoms with van der Waals surface area (Å²) in [5, 5.41) is 46.9. The Morgan fingerprint density at radius 2 is 1.76 bits per heavy atom. The Labute approximate surface area is 119 Å². The number of carboxylic acids is 1. The predicted molar refractivity (Wildman–Crippen MR) is 44.7 cm³/mol. The molecule has 1 aliphatic rings. The first-order chi connectivity index (χ1) is 7.43. The summed E-state index contributed by atoms with van der Waals surface area (Å²) in [7, 11) is 0. The molecule has 0 amide bonds. The molecule has 1 heterocycles. The van der Waals surface area contributed by atoms with Gasteiger partial charge in [0, 0.05) is 0 Å². The third-order valence-corrected chi connectivity index (χ3v) is 2.19. The second-order valence-electron chi connectivity index (χ2n) is 3.42. The van der Waals surface area contributed by atoms with Gasteiger partial charge in [0.25, 0.3) is 0 Å². The number of rotatable bonds is 4. The van der Waals surface area contributed by atoms with Gasteiger partial charge in [0.15, 0.2) is 6.29 Å². The van der Waals surface area contributed by atoms with E-state index in [1.165, 1.54) is 0 Å². The number of hydrogen-bond acceptors (Lipinski definition) is 8. The number of hydrogen-bond donors (Lipinski definition) is 4. The van der Waals surface area contributed by atoms with Crippen molar-refractivity contribution in [3.63, 3.8) is 0 Å². The van der Waals surface area contributed by atoms with E-state index in [-0.39, 0.29) is 36.2 Å². The fourth-order valence-electron chi connectivity index (χ4n) is 1.33. The van der Waals surface area contributed by atoms with Gasteiger partial charge in [-0.15, -0.1) is 0 Å². The molecule has 9 heteroatoms. The van der Waals surface area contributed by atoms with Crippen molar-refractivity contribution in [2.45, 2.75) is 30.7 Å². The van der Waals surface area contributed by atoms with Crippen LogP contribution in [0.5, 0.6) is 0 Å². The van der Waals surface area contributed by atoms with Crippen molar-refractivity contribution in [1.82, 2.24) is 0 Å². The fraction of sp³-hybridized carbons (Fsp3) is 0.875. The second-order valence-corrected chi connectivity index (χ2v) is 3.42. The average molecular weight is 260 g/mol. The summed E-state index contributed by atoms with van der Waals surface area (Å²) < 4.78 is 9.31. The third-order valence-electron chi connectivity index (χ3n) is 2.19. The number of aliphatic carboxylic acids is 1. The minimum absolute atomic E-state index is 0. The van der Waals surface area contributed by atoms with Gasteiger partial charge in [0.1, 0.15) is 24.4 Å². The molecule has 0 radical (unpaired) electrons. The SMILES string of the molecule is O=C([O-])COC[C@H]1O[C@H](O)[C@@H](O)[C@@H](O)[C@@H]1O.[Na+]. The summed E-state index contributed by atoms with van der Waals surface area (Å²) >= 11 is 0. The smallest absolute Gasteiger partial charge is 0.548 e. The van der Waals surface area contributed by atoms with Gasteiger partial charge in [-0.3, -0.25) is 0 Å². The first kappa shape index (κ1) is 17.2. The Morgan fingerprint density at radius 3 is 2.29 bits per heavy atom. The van der Waals surface area contributed by atoms with Gasteiger partial charge in [0.05, 0.1) is 19.2 Å². The maximum atomic E-state index is 10.0. The van der Waals surface area contributed by atoms with Crippen LogP contribution in [0.15, 0.2) is 0 Å². The molecule has 0 spiro atoms. The third kappa shape index (κ3) is 4.78. The van der Waals surface area contributed by atoms with E-state index in [9.17, 15) is 20.1 Å². The fourth-order valence-corrected chi connectivity index (χ4v) is 1.33. The van der Waals surface area contributed by atoms with Crippen molar-refractivity contribution >= 4 is 5.97 Å². The van der Waals surface area contributed by atoms with Crippen molar-refractivity contribution in [3.05, 3.63) is 0 Å². The number of aliphatic hydroxyl groups excluding tert-OH is 4. The minimum atomic E-state index is -1.66. The molecular formula is C8H13NaO8. The number of carbonyl (C=O) groups is 1. The molecule has 0 aromatic carbocycles. The predicted octanol–water partition coefficient (Wildman–Crippen LogP) is -7.44. The Bertz CT molecular complexity index is 250. The van der Waals surface area contributed by atoms with Crippen LogP contribution in [0.25, 0.3) is 0 Å². The van der Waals surface area contributed by atoms with E-state index < -0.39 is 43.3 Å². The Kier molecular flexibility index (Phi) is 7.72. The van der Waals surface area contributed by atoms with Crippen LogP contribution < -0.4 is 34.7 Å². The summed E-state index contributed by atoms with van der Waals surface area (Å²) in [6.45, 7) is -1.04. The minimum Gasteiger partial charge on any atom is -0.548 e. The van der Waals surface area contributed by atoms with E-state index in [0.717, 1.165) is 0 Å². The summed E-state index contributed by atoms with van der Waals surface area (Å²) in [6.07, 6.45) is -7.45. The quantitative estimate of drug-likeness (QED) is 0.365. The van der Waals surface area contributed by atoms with Crippen LogP contribution in [0.2, 0.25) is 0 Å². The number of ether oxygens (including phenoxy) is 2. The van der Waals surface area contributed by atoms with E-state index in [1.54, 1.807) is 0 Å². The molecule has 4 N–H and O–H groups in total. The summed E-state index contributed by atoms with van der Waals surface area (Å²) in [5.41, 5.74) is 0. The molecular weight excluding hydrogens is 247 g/mol. The Morgan fingerprint density at radius 1 is 1.18 bits per heavy atom. The number of carboxylic acid groups (broad SMARTS) is 1. The molecule has 0 saturated carbocycles. The maximum Gasteiger partial charge on any atom is 1.00 e. The average Bonchev–Trinajstić information content (AvgIpc) is 2.22. The Hall–Kier alpha value is 0.230. The molecule has 0 aliphatic carbocycles. The zero-order valence-electron chi connectivity index (χ0n) is 9.22. The van der Waals surface area contributed by atoms with Crippen molar-refractivity contribution in [2.24, 2.45) is 0 Å². The molecule has 0 unspecified atom stereocenters. The monoisotopic (exact) mass is 260 g/mol. The van der Waals surface area contributed by atoms with E-state index in [4.69, 9.17) is 14.9 Å². The first-order valence-corrected chi connectivity index (χ1v) is 4.58. The van der Waals surface area contributed by atoms with Crippen molar-refractivity contribution in [1.29, 1.82) is 0 Å². The van der Waals surface area contributed by atoms with Gasteiger partial charge >= 0.3 is 29.6 Å². The normalized spacial score (nSPS) is 37.3. The zero-order chi connectivity index (χ0) is 12.3. The molecule has 1 saturated heterocycles. The van der Waals surface area contributed by atoms with Gasteiger partial charge in [0.2, 0.25) is 0 Å². The van der Waals surface area contributed by atoms with Crippen LogP contribution in [0, 0.1) is 0 Å². The molecule has 17 heavy (non-hydrogen) atoms. The van der Waals surface area contributed by atoms with Crippen molar-refractivity contribution in [3.8, 4) is 0 Å². The van der Waals surface area contributed by atoms with Crippen LogP contribution in [-0.2, 0) is 14.3 Å². The van der Waals surface area contributed by atoms with E-state index in [2.05, 4.69) is 4.74 Å². The molecule has 8 nitrogen and oxygen atoms in total. The van der Waals surface area contributed by atoms with E-state index in [0.29, 0.717) is 0 Å². The van der Waals surface area contributed by atoms with E-state index in [1.807, 2.05) is 0 Å². The molecule has 1 rings (SSSR count). The summed E-state index contributed by atoms with van der Waals surface area (Å²) in [6, 6.07) is 0. The first-order valence-electron chi connectivity index (χ1n) is 4.58. The van der Waals surface area contributed by atoms with E-state index >= 15 is 0 Å². The second kappa shape index (κ2) is 7.62. The van der Waals surface area contributed by atoms with Gasteiger partial charge in [-0.25, -0.2) is 0 Å². The molecule has 0 bridgehead atoms. The molecule has 0 aromatic rings. The molecule has 1 aliphatic heterocycles. The maximum absolute atomic E-state index is 10.0. The van der Waals surface area contributed by atoms with Gasteiger partial charge in [-0.2, -0.15) is 0 Å². The van der Waals surface area contributed by atoms with Gasteiger partial charge in [-0.1, -0.05) is 0 Å². The standard InChI is InChI=1S/C8H14O8.Na/c9-4(10)2-15-1-3-5(11)6(12)7(13)8(14)16-3;/h3,5-8,11-14H,1-2H2,(H,9,10);/q;+1/p-1/t3-,5-,6+,7+,8+;/m1./s1. The van der Waals surface area contributed by atoms with Crippen molar-refractivity contribution in [2.75, 3.05) is 13.2 Å². The molecule has 0 aromatic heterocycles. The number of carbonyl (C=O) groups excluding carboxylic acids is 1. The zero-order valence-corrected chi connectivity index (χ0v) is 11.2. The van der Waals surface area contributed by atoms with Gasteiger partial charge < -0.3 is 39.8 Å². The molecule has 94 valence electrons. The van der Waals surface area contributed by atoms with Crippen LogP contribution in [0.1, 0.15) is 0 Å². The molecule has 1 fully saturated rings. The van der Waals surface area contributed by atoms with Crippen LogP contribution >= 0.6 is 0 Å². The number of aliphatic hydroxyl groups is 4. The molecule has 5 atom stereocenters. The van der Waals surface area contributed by atoms with Crippen LogP contribution in [-0.4, -0.2) is 70.3 Å². The van der Waals surface area contributed by atoms with Crippen molar-refractivity contribution < 1.29 is 69.4 Å². The topological polar surface area (TPSA) is 140 Å². The largest absolute Gasteiger partial charge is 1.00 e. The van der Waals surface area contributed by atoms with Crippen LogP contribution in [0.3, 0.4) is 0 Å². The van der Waals surface area contributed by atoms with Crippen LogP contribution in [0.4, 0.5) is 0 Å². The van der Waals surface area contributed by atoms with Gasteiger partial charge in [-0.05, 0) is 0 Å².